The predicted molar refractivity (Wildman–Crippen MR) is 160 cm³/mol. The first kappa shape index (κ1) is 28.3. The van der Waals surface area contributed by atoms with Crippen molar-refractivity contribution in [1.82, 2.24) is 24.1 Å². The average Bonchev–Trinajstić information content (AvgIpc) is 3.54. The van der Waals surface area contributed by atoms with Gasteiger partial charge in [-0.15, -0.1) is 5.10 Å². The molecule has 10 nitrogen and oxygen atoms in total. The van der Waals surface area contributed by atoms with Crippen LogP contribution in [0.25, 0.3) is 11.0 Å². The molecule has 11 heteroatoms. The number of aryl methyl sites for hydroxylation is 3. The van der Waals surface area contributed by atoms with Gasteiger partial charge in [0.05, 0.1) is 18.7 Å². The Balaban J connectivity index is 1.40. The van der Waals surface area contributed by atoms with Crippen molar-refractivity contribution < 1.29 is 17.9 Å². The number of benzene rings is 1. The molecule has 1 fully saturated rings. The lowest BCUT2D eigenvalue weighted by atomic mass is 9.89. The number of anilines is 1. The first-order valence-electron chi connectivity index (χ1n) is 14.4. The zero-order valence-electron chi connectivity index (χ0n) is 24.4. The van der Waals surface area contributed by atoms with Crippen LogP contribution in [0.2, 0.25) is 0 Å². The van der Waals surface area contributed by atoms with E-state index in [9.17, 15) is 13.2 Å². The van der Waals surface area contributed by atoms with Crippen molar-refractivity contribution in [2.75, 3.05) is 24.6 Å². The molecule has 0 N–H and O–H groups in total. The number of hydrogen-bond donors (Lipinski definition) is 0. The van der Waals surface area contributed by atoms with Crippen LogP contribution in [0, 0.1) is 13.8 Å². The van der Waals surface area contributed by atoms with E-state index < -0.39 is 10.0 Å². The number of sulfonamides is 1. The van der Waals surface area contributed by atoms with E-state index in [-0.39, 0.29) is 35.8 Å². The number of esters is 1. The number of rotatable bonds is 7. The number of hydrogen-bond acceptors (Lipinski definition) is 8. The highest BCUT2D eigenvalue weighted by Crippen LogP contribution is 2.37. The van der Waals surface area contributed by atoms with Gasteiger partial charge in [0, 0.05) is 55.9 Å². The van der Waals surface area contributed by atoms with Gasteiger partial charge in [-0.1, -0.05) is 18.2 Å². The topological polar surface area (TPSA) is 111 Å². The van der Waals surface area contributed by atoms with Crippen LogP contribution in [0.1, 0.15) is 60.2 Å². The van der Waals surface area contributed by atoms with Gasteiger partial charge in [0.2, 0.25) is 10.0 Å². The first-order valence-corrected chi connectivity index (χ1v) is 15.9. The van der Waals surface area contributed by atoms with E-state index in [1.807, 2.05) is 49.7 Å². The molecule has 2 atom stereocenters. The van der Waals surface area contributed by atoms with Crippen LogP contribution in [0.5, 0.6) is 0 Å². The smallest absolute Gasteiger partial charge is 0.306 e. The molecule has 1 saturated heterocycles. The molecular weight excluding hydrogens is 552 g/mol. The van der Waals surface area contributed by atoms with Crippen LogP contribution >= 0.6 is 0 Å². The van der Waals surface area contributed by atoms with Gasteiger partial charge in [-0.05, 0) is 74.6 Å². The summed E-state index contributed by atoms with van der Waals surface area (Å²) in [6.07, 6.45) is 3.74. The first-order chi connectivity index (χ1) is 20.2. The Labute approximate surface area is 246 Å². The van der Waals surface area contributed by atoms with Gasteiger partial charge < -0.3 is 14.2 Å². The zero-order chi connectivity index (χ0) is 29.6. The van der Waals surface area contributed by atoms with E-state index >= 15 is 0 Å². The SMILES string of the molecule is CCOC(=O)CC(c1ccc(C)c(CN2C[C@@H]3CCCN3c3ncccc3S2(=O)=O)c1)c1cc2cc(C)nnc2n1C. The molecule has 0 aliphatic carbocycles. The van der Waals surface area contributed by atoms with Crippen molar-refractivity contribution in [3.8, 4) is 0 Å². The molecule has 0 saturated carbocycles. The molecule has 42 heavy (non-hydrogen) atoms. The van der Waals surface area contributed by atoms with Crippen molar-refractivity contribution in [3.05, 3.63) is 76.7 Å². The summed E-state index contributed by atoms with van der Waals surface area (Å²) in [5.74, 6) is -0.0619. The van der Waals surface area contributed by atoms with Crippen LogP contribution in [-0.4, -0.2) is 64.2 Å². The molecule has 0 radical (unpaired) electrons. The lowest BCUT2D eigenvalue weighted by Gasteiger charge is -2.26. The maximum absolute atomic E-state index is 14.0. The van der Waals surface area contributed by atoms with E-state index in [0.717, 1.165) is 58.5 Å². The molecule has 0 bridgehead atoms. The third-order valence-corrected chi connectivity index (χ3v) is 10.4. The van der Waals surface area contributed by atoms with E-state index in [4.69, 9.17) is 4.74 Å². The molecule has 3 aromatic heterocycles. The summed E-state index contributed by atoms with van der Waals surface area (Å²) < 4.78 is 36.9. The fourth-order valence-electron chi connectivity index (χ4n) is 6.36. The molecule has 2 aliphatic heterocycles. The Bertz CT molecular complexity index is 1770. The van der Waals surface area contributed by atoms with E-state index in [1.54, 1.807) is 29.6 Å². The molecular formula is C31H36N6O4S. The summed E-state index contributed by atoms with van der Waals surface area (Å²) in [6, 6.07) is 13.5. The third kappa shape index (κ3) is 5.05. The van der Waals surface area contributed by atoms with Gasteiger partial charge in [0.1, 0.15) is 10.7 Å². The highest BCUT2D eigenvalue weighted by Gasteiger charge is 2.40. The minimum absolute atomic E-state index is 0.0799. The molecule has 0 spiro atoms. The molecule has 0 amide bonds. The third-order valence-electron chi connectivity index (χ3n) is 8.52. The second kappa shape index (κ2) is 11.1. The van der Waals surface area contributed by atoms with Crippen LogP contribution in [0.15, 0.2) is 53.6 Å². The number of aromatic nitrogens is 4. The molecule has 1 aromatic carbocycles. The highest BCUT2D eigenvalue weighted by atomic mass is 32.2. The minimum atomic E-state index is -3.78. The summed E-state index contributed by atoms with van der Waals surface area (Å²) in [6.45, 7) is 7.42. The van der Waals surface area contributed by atoms with Crippen LogP contribution in [0.4, 0.5) is 5.82 Å². The molecule has 2 aliphatic rings. The summed E-state index contributed by atoms with van der Waals surface area (Å²) in [4.78, 5) is 19.7. The highest BCUT2D eigenvalue weighted by molar-refractivity contribution is 7.89. The number of nitrogens with zero attached hydrogens (tertiary/aromatic N) is 6. The van der Waals surface area contributed by atoms with Gasteiger partial charge >= 0.3 is 5.97 Å². The van der Waals surface area contributed by atoms with Crippen LogP contribution in [-0.2, 0) is 33.1 Å². The molecule has 5 heterocycles. The van der Waals surface area contributed by atoms with Gasteiger partial charge in [0.15, 0.2) is 5.65 Å². The second-order valence-corrected chi connectivity index (χ2v) is 13.2. The summed E-state index contributed by atoms with van der Waals surface area (Å²) in [5, 5.41) is 9.56. The number of fused-ring (bicyclic) bond motifs is 4. The van der Waals surface area contributed by atoms with E-state index in [0.29, 0.717) is 19.0 Å². The number of pyridine rings is 1. The van der Waals surface area contributed by atoms with Crippen molar-refractivity contribution in [2.24, 2.45) is 7.05 Å². The molecule has 220 valence electrons. The van der Waals surface area contributed by atoms with Crippen molar-refractivity contribution in [2.45, 2.75) is 63.4 Å². The Kier molecular flexibility index (Phi) is 7.48. The number of carbonyl (C=O) groups excluding carboxylic acids is 1. The Morgan fingerprint density at radius 2 is 1.98 bits per heavy atom. The summed E-state index contributed by atoms with van der Waals surface area (Å²) >= 11 is 0. The van der Waals surface area contributed by atoms with Crippen LogP contribution < -0.4 is 4.90 Å². The zero-order valence-corrected chi connectivity index (χ0v) is 25.3. The quantitative estimate of drug-likeness (QED) is 0.295. The largest absolute Gasteiger partial charge is 0.466 e. The maximum Gasteiger partial charge on any atom is 0.306 e. The molecule has 6 rings (SSSR count). The normalized spacial score (nSPS) is 18.9. The minimum Gasteiger partial charge on any atom is -0.466 e. The fraction of sp³-hybridized carbons (Fsp3) is 0.419. The maximum atomic E-state index is 14.0. The fourth-order valence-corrected chi connectivity index (χ4v) is 7.96. The van der Waals surface area contributed by atoms with E-state index in [2.05, 4.69) is 26.1 Å². The Morgan fingerprint density at radius 3 is 2.79 bits per heavy atom. The standard InChI is InChI=1S/C31H36N6O4S/c1-5-41-29(38)17-26(27-16-23-14-21(3)33-34-30(23)35(27)4)22-11-10-20(2)24(15-22)18-36-19-25-8-7-13-37(25)31-28(42(36,39)40)9-6-12-32-31/h6,9-12,14-16,25-26H,5,7-8,13,17-19H2,1-4H3/t25-,26?/m0/s1. The lowest BCUT2D eigenvalue weighted by Crippen LogP contribution is -2.39. The van der Waals surface area contributed by atoms with Gasteiger partial charge in [0.25, 0.3) is 0 Å². The summed E-state index contributed by atoms with van der Waals surface area (Å²) in [5.41, 5.74) is 5.27. The summed E-state index contributed by atoms with van der Waals surface area (Å²) in [7, 11) is -1.85. The Morgan fingerprint density at radius 1 is 1.14 bits per heavy atom. The molecule has 1 unspecified atom stereocenters. The van der Waals surface area contributed by atoms with Crippen molar-refractivity contribution in [1.29, 1.82) is 0 Å². The van der Waals surface area contributed by atoms with Gasteiger partial charge in [-0.2, -0.15) is 9.40 Å². The van der Waals surface area contributed by atoms with Gasteiger partial charge in [-0.3, -0.25) is 4.79 Å². The Hall–Kier alpha value is -3.83. The van der Waals surface area contributed by atoms with Gasteiger partial charge in [-0.25, -0.2) is 13.4 Å². The average molecular weight is 589 g/mol. The predicted octanol–water partition coefficient (Wildman–Crippen LogP) is 4.24. The monoisotopic (exact) mass is 588 g/mol. The number of carbonyl (C=O) groups is 1. The second-order valence-electron chi connectivity index (χ2n) is 11.3. The van der Waals surface area contributed by atoms with E-state index in [1.165, 1.54) is 0 Å². The van der Waals surface area contributed by atoms with Crippen molar-refractivity contribution in [3.63, 3.8) is 0 Å². The van der Waals surface area contributed by atoms with Crippen molar-refractivity contribution >= 4 is 32.8 Å². The lowest BCUT2D eigenvalue weighted by molar-refractivity contribution is -0.143. The molecule has 4 aromatic rings. The number of ether oxygens (including phenoxy) is 1. The van der Waals surface area contributed by atoms with Crippen LogP contribution in [0.3, 0.4) is 0 Å².